The normalized spacial score (nSPS) is 12.9. The number of H-pyrrole nitrogens is 1. The first-order valence-corrected chi connectivity index (χ1v) is 7.41. The number of hydrogen-bond acceptors (Lipinski definition) is 4. The van der Waals surface area contributed by atoms with Gasteiger partial charge in [0.25, 0.3) is 10.0 Å². The summed E-state index contributed by atoms with van der Waals surface area (Å²) in [5.74, 6) is 0. The van der Waals surface area contributed by atoms with Gasteiger partial charge in [-0.25, -0.2) is 13.1 Å². The fourth-order valence-corrected chi connectivity index (χ4v) is 2.64. The largest absolute Gasteiger partial charge is 0.316 e. The number of aromatic nitrogens is 2. The highest BCUT2D eigenvalue weighted by atomic mass is 32.2. The second kappa shape index (κ2) is 5.81. The summed E-state index contributed by atoms with van der Waals surface area (Å²) in [7, 11) is -1.74. The van der Waals surface area contributed by atoms with Crippen molar-refractivity contribution in [2.45, 2.75) is 38.8 Å². The molecule has 0 amide bonds. The van der Waals surface area contributed by atoms with Crippen LogP contribution in [-0.4, -0.2) is 32.2 Å². The molecule has 7 heteroatoms. The van der Waals surface area contributed by atoms with E-state index in [0.29, 0.717) is 18.7 Å². The van der Waals surface area contributed by atoms with Gasteiger partial charge in [-0.1, -0.05) is 20.8 Å². The number of sulfonamides is 1. The summed E-state index contributed by atoms with van der Waals surface area (Å²) in [6.45, 7) is 7.10. The summed E-state index contributed by atoms with van der Waals surface area (Å²) in [5, 5.41) is 9.37. The van der Waals surface area contributed by atoms with Crippen molar-refractivity contribution >= 4 is 10.0 Å². The first-order valence-electron chi connectivity index (χ1n) is 5.93. The van der Waals surface area contributed by atoms with Gasteiger partial charge in [-0.05, 0) is 18.9 Å². The summed E-state index contributed by atoms with van der Waals surface area (Å²) in [6, 6.07) is 0. The molecule has 6 nitrogen and oxygen atoms in total. The van der Waals surface area contributed by atoms with Gasteiger partial charge in [-0.3, -0.25) is 5.10 Å². The Morgan fingerprint density at radius 2 is 2.06 bits per heavy atom. The highest BCUT2D eigenvalue weighted by Gasteiger charge is 2.21. The third kappa shape index (κ3) is 4.40. The van der Waals surface area contributed by atoms with Crippen LogP contribution in [0.4, 0.5) is 0 Å². The quantitative estimate of drug-likeness (QED) is 0.717. The molecule has 0 unspecified atom stereocenters. The molecule has 1 aromatic rings. The van der Waals surface area contributed by atoms with Crippen molar-refractivity contribution in [3.8, 4) is 0 Å². The standard InChI is InChI=1S/C11H22N4O2S/c1-11(2,3)5-6-14-18(16,17)10-9(7-12-4)8-13-15-10/h8,12,14H,5-7H2,1-4H3,(H,13,15). The molecular weight excluding hydrogens is 252 g/mol. The molecule has 0 saturated carbocycles. The van der Waals surface area contributed by atoms with E-state index >= 15 is 0 Å². The first kappa shape index (κ1) is 15.1. The molecule has 1 rings (SSSR count). The van der Waals surface area contributed by atoms with Crippen molar-refractivity contribution in [2.24, 2.45) is 5.41 Å². The maximum Gasteiger partial charge on any atom is 0.257 e. The summed E-state index contributed by atoms with van der Waals surface area (Å²) in [4.78, 5) is 0. The zero-order valence-corrected chi connectivity index (χ0v) is 12.2. The number of hydrogen-bond donors (Lipinski definition) is 3. The van der Waals surface area contributed by atoms with Gasteiger partial charge in [-0.2, -0.15) is 5.10 Å². The molecule has 0 spiro atoms. The Balaban J connectivity index is 2.71. The fraction of sp³-hybridized carbons (Fsp3) is 0.727. The zero-order valence-electron chi connectivity index (χ0n) is 11.4. The van der Waals surface area contributed by atoms with Crippen LogP contribution in [-0.2, 0) is 16.6 Å². The van der Waals surface area contributed by atoms with Crippen LogP contribution >= 0.6 is 0 Å². The monoisotopic (exact) mass is 274 g/mol. The Morgan fingerprint density at radius 1 is 1.39 bits per heavy atom. The van der Waals surface area contributed by atoms with Crippen LogP contribution in [0.15, 0.2) is 11.2 Å². The Morgan fingerprint density at radius 3 is 2.61 bits per heavy atom. The predicted molar refractivity (Wildman–Crippen MR) is 70.6 cm³/mol. The van der Waals surface area contributed by atoms with Gasteiger partial charge in [0.05, 0.1) is 6.20 Å². The van der Waals surface area contributed by atoms with Crippen LogP contribution < -0.4 is 10.0 Å². The minimum atomic E-state index is -3.50. The van der Waals surface area contributed by atoms with E-state index in [1.54, 1.807) is 7.05 Å². The van der Waals surface area contributed by atoms with Gasteiger partial charge >= 0.3 is 0 Å². The lowest BCUT2D eigenvalue weighted by molar-refractivity contribution is 0.378. The van der Waals surface area contributed by atoms with Crippen molar-refractivity contribution in [3.63, 3.8) is 0 Å². The van der Waals surface area contributed by atoms with E-state index in [1.807, 2.05) is 0 Å². The number of nitrogens with zero attached hydrogens (tertiary/aromatic N) is 1. The lowest BCUT2D eigenvalue weighted by Gasteiger charge is -2.17. The molecule has 0 atom stereocenters. The van der Waals surface area contributed by atoms with Crippen molar-refractivity contribution in [1.82, 2.24) is 20.2 Å². The molecule has 104 valence electrons. The van der Waals surface area contributed by atoms with E-state index in [4.69, 9.17) is 0 Å². The van der Waals surface area contributed by atoms with E-state index in [2.05, 4.69) is 41.0 Å². The number of aromatic amines is 1. The van der Waals surface area contributed by atoms with Gasteiger partial charge in [0.2, 0.25) is 0 Å². The average molecular weight is 274 g/mol. The molecule has 0 fully saturated rings. The molecular formula is C11H22N4O2S. The van der Waals surface area contributed by atoms with E-state index in [1.165, 1.54) is 6.20 Å². The van der Waals surface area contributed by atoms with Crippen LogP contribution in [0.25, 0.3) is 0 Å². The zero-order chi connectivity index (χ0) is 13.8. The van der Waals surface area contributed by atoms with Gasteiger partial charge in [0.15, 0.2) is 5.03 Å². The maximum absolute atomic E-state index is 12.1. The van der Waals surface area contributed by atoms with E-state index < -0.39 is 10.0 Å². The molecule has 1 aromatic heterocycles. The number of rotatable bonds is 6. The lowest BCUT2D eigenvalue weighted by atomic mass is 9.93. The molecule has 0 saturated heterocycles. The highest BCUT2D eigenvalue weighted by molar-refractivity contribution is 7.89. The lowest BCUT2D eigenvalue weighted by Crippen LogP contribution is -2.28. The van der Waals surface area contributed by atoms with E-state index in [-0.39, 0.29) is 10.4 Å². The fourth-order valence-electron chi connectivity index (χ4n) is 1.48. The molecule has 0 aliphatic heterocycles. The SMILES string of the molecule is CNCc1cn[nH]c1S(=O)(=O)NCCC(C)(C)C. The van der Waals surface area contributed by atoms with Crippen LogP contribution in [0.3, 0.4) is 0 Å². The molecule has 3 N–H and O–H groups in total. The van der Waals surface area contributed by atoms with Crippen LogP contribution in [0.1, 0.15) is 32.8 Å². The smallest absolute Gasteiger partial charge is 0.257 e. The van der Waals surface area contributed by atoms with Crippen LogP contribution in [0, 0.1) is 5.41 Å². The van der Waals surface area contributed by atoms with Crippen molar-refractivity contribution in [2.75, 3.05) is 13.6 Å². The molecule has 18 heavy (non-hydrogen) atoms. The number of nitrogens with one attached hydrogen (secondary N) is 3. The Hall–Kier alpha value is -0.920. The van der Waals surface area contributed by atoms with Gasteiger partial charge < -0.3 is 5.32 Å². The molecule has 0 aliphatic carbocycles. The summed E-state index contributed by atoms with van der Waals surface area (Å²) in [5.41, 5.74) is 0.741. The molecule has 0 aromatic carbocycles. The Bertz CT molecular complexity index is 473. The van der Waals surface area contributed by atoms with Crippen molar-refractivity contribution in [3.05, 3.63) is 11.8 Å². The van der Waals surface area contributed by atoms with Gasteiger partial charge in [0, 0.05) is 18.7 Å². The average Bonchev–Trinajstić information content (AvgIpc) is 2.64. The molecule has 0 radical (unpaired) electrons. The molecule has 1 heterocycles. The van der Waals surface area contributed by atoms with Gasteiger partial charge in [-0.15, -0.1) is 0 Å². The summed E-state index contributed by atoms with van der Waals surface area (Å²) < 4.78 is 26.7. The predicted octanol–water partition coefficient (Wildman–Crippen LogP) is 0.844. The first-order chi connectivity index (χ1) is 8.26. The van der Waals surface area contributed by atoms with Crippen molar-refractivity contribution < 1.29 is 8.42 Å². The van der Waals surface area contributed by atoms with E-state index in [0.717, 1.165) is 6.42 Å². The van der Waals surface area contributed by atoms with E-state index in [9.17, 15) is 8.42 Å². The summed E-state index contributed by atoms with van der Waals surface area (Å²) >= 11 is 0. The van der Waals surface area contributed by atoms with Gasteiger partial charge in [0.1, 0.15) is 0 Å². The topological polar surface area (TPSA) is 86.9 Å². The Labute approximate surface area is 109 Å². The summed E-state index contributed by atoms with van der Waals surface area (Å²) in [6.07, 6.45) is 2.30. The third-order valence-electron chi connectivity index (χ3n) is 2.48. The maximum atomic E-state index is 12.1. The molecule has 0 aliphatic rings. The van der Waals surface area contributed by atoms with Crippen LogP contribution in [0.2, 0.25) is 0 Å². The van der Waals surface area contributed by atoms with Crippen molar-refractivity contribution in [1.29, 1.82) is 0 Å². The minimum Gasteiger partial charge on any atom is -0.316 e. The Kier molecular flexibility index (Phi) is 4.89. The minimum absolute atomic E-state index is 0.101. The highest BCUT2D eigenvalue weighted by Crippen LogP contribution is 2.18. The third-order valence-corrected chi connectivity index (χ3v) is 3.96. The molecule has 0 bridgehead atoms. The van der Waals surface area contributed by atoms with Crippen LogP contribution in [0.5, 0.6) is 0 Å². The second-order valence-electron chi connectivity index (χ2n) is 5.46. The second-order valence-corrected chi connectivity index (χ2v) is 7.17.